The Morgan fingerprint density at radius 3 is 2.64 bits per heavy atom. The van der Waals surface area contributed by atoms with Crippen molar-refractivity contribution in [1.29, 1.82) is 0 Å². The lowest BCUT2D eigenvalue weighted by atomic mass is 9.76. The molecule has 1 aromatic heterocycles. The number of rotatable bonds is 3. The fourth-order valence-corrected chi connectivity index (χ4v) is 7.07. The number of nitrogens with one attached hydrogen (secondary N) is 1. The van der Waals surface area contributed by atoms with Gasteiger partial charge in [0.05, 0.1) is 10.7 Å². The molecule has 1 aliphatic carbocycles. The van der Waals surface area contributed by atoms with Crippen molar-refractivity contribution in [2.75, 3.05) is 26.2 Å². The smallest absolute Gasteiger partial charge is 0.222 e. The number of benzene rings is 1. The Morgan fingerprint density at radius 1 is 1.12 bits per heavy atom. The van der Waals surface area contributed by atoms with Gasteiger partial charge in [0.2, 0.25) is 5.91 Å². The number of aromatic nitrogens is 1. The zero-order valence-electron chi connectivity index (χ0n) is 18.8. The van der Waals surface area contributed by atoms with Crippen LogP contribution in [0.1, 0.15) is 60.4 Å². The minimum atomic E-state index is 0.237. The molecule has 2 aliphatic heterocycles. The van der Waals surface area contributed by atoms with Gasteiger partial charge >= 0.3 is 0 Å². The molecule has 176 valence electrons. The van der Waals surface area contributed by atoms with E-state index in [-0.39, 0.29) is 5.92 Å². The molecule has 1 unspecified atom stereocenters. The van der Waals surface area contributed by atoms with Crippen molar-refractivity contribution in [1.82, 2.24) is 15.2 Å². The number of nitrogens with zero attached hydrogens (tertiary/aromatic N) is 2. The lowest BCUT2D eigenvalue weighted by Gasteiger charge is -2.37. The first-order chi connectivity index (χ1) is 16.0. The molecular weight excluding hydrogens is 566 g/mol. The summed E-state index contributed by atoms with van der Waals surface area (Å²) in [6.07, 6.45) is 8.82. The number of amides is 1. The summed E-state index contributed by atoms with van der Waals surface area (Å²) in [6.45, 7) is 3.79. The molecule has 1 N–H and O–H groups in total. The van der Waals surface area contributed by atoms with Crippen LogP contribution in [0.25, 0.3) is 0 Å². The van der Waals surface area contributed by atoms with Gasteiger partial charge in [-0.2, -0.15) is 0 Å². The Morgan fingerprint density at radius 2 is 1.88 bits per heavy atom. The normalized spacial score (nSPS) is 21.9. The first-order valence-corrected chi connectivity index (χ1v) is 14.1. The Hall–Kier alpha value is -0.950. The van der Waals surface area contributed by atoms with Crippen LogP contribution in [-0.2, 0) is 17.6 Å². The van der Waals surface area contributed by atoms with Crippen LogP contribution in [0.3, 0.4) is 0 Å². The van der Waals surface area contributed by atoms with Gasteiger partial charge in [0.25, 0.3) is 0 Å². The van der Waals surface area contributed by atoms with Gasteiger partial charge in [0, 0.05) is 40.6 Å². The summed E-state index contributed by atoms with van der Waals surface area (Å²) in [7, 11) is 0. The highest BCUT2D eigenvalue weighted by atomic mass is 79.9. The predicted molar refractivity (Wildman–Crippen MR) is 140 cm³/mol. The first kappa shape index (κ1) is 23.8. The monoisotopic (exact) mass is 593 g/mol. The molecule has 5 rings (SSSR count). The van der Waals surface area contributed by atoms with E-state index >= 15 is 0 Å². The molecule has 3 heterocycles. The lowest BCUT2D eigenvalue weighted by molar-refractivity contribution is -0.133. The third-order valence-corrected chi connectivity index (χ3v) is 9.64. The molecule has 2 fully saturated rings. The van der Waals surface area contributed by atoms with E-state index in [2.05, 4.69) is 54.2 Å². The zero-order chi connectivity index (χ0) is 22.9. The number of likely N-dealkylation sites (tertiary alicyclic amines) is 1. The Bertz CT molecular complexity index is 1030. The number of aryl methyl sites for hydroxylation is 1. The average molecular weight is 596 g/mol. The summed E-state index contributed by atoms with van der Waals surface area (Å²) in [5.41, 5.74) is 5.18. The summed E-state index contributed by atoms with van der Waals surface area (Å²) in [6, 6.07) is 6.45. The molecule has 2 saturated heterocycles. The highest BCUT2D eigenvalue weighted by Crippen LogP contribution is 2.45. The van der Waals surface area contributed by atoms with Gasteiger partial charge in [-0.3, -0.25) is 9.78 Å². The molecule has 3 aliphatic rings. The molecule has 0 spiro atoms. The van der Waals surface area contributed by atoms with Crippen molar-refractivity contribution in [3.8, 4) is 0 Å². The number of hydrogen-bond acceptors (Lipinski definition) is 3. The second-order valence-corrected chi connectivity index (χ2v) is 11.8. The van der Waals surface area contributed by atoms with Crippen molar-refractivity contribution in [2.45, 2.75) is 50.9 Å². The van der Waals surface area contributed by atoms with E-state index in [0.717, 1.165) is 78.7 Å². The number of pyridine rings is 1. The van der Waals surface area contributed by atoms with Gasteiger partial charge in [-0.15, -0.1) is 0 Å². The number of piperidine rings is 2. The minimum absolute atomic E-state index is 0.237. The van der Waals surface area contributed by atoms with Gasteiger partial charge < -0.3 is 10.2 Å². The third-order valence-electron chi connectivity index (χ3n) is 7.76. The topological polar surface area (TPSA) is 45.2 Å². The molecule has 2 aromatic rings. The van der Waals surface area contributed by atoms with Crippen molar-refractivity contribution in [3.05, 3.63) is 60.7 Å². The highest BCUT2D eigenvalue weighted by molar-refractivity contribution is 9.10. The van der Waals surface area contributed by atoms with E-state index in [1.165, 1.54) is 22.4 Å². The maximum atomic E-state index is 13.0. The molecule has 4 nitrogen and oxygen atoms in total. The second kappa shape index (κ2) is 10.3. The van der Waals surface area contributed by atoms with E-state index < -0.39 is 0 Å². The molecule has 1 aromatic carbocycles. The van der Waals surface area contributed by atoms with E-state index in [1.54, 1.807) is 0 Å². The Balaban J connectivity index is 1.38. The largest absolute Gasteiger partial charge is 0.343 e. The van der Waals surface area contributed by atoms with Crippen LogP contribution in [0.2, 0.25) is 5.02 Å². The van der Waals surface area contributed by atoms with Crippen LogP contribution in [0.4, 0.5) is 0 Å². The van der Waals surface area contributed by atoms with E-state index in [4.69, 9.17) is 16.6 Å². The maximum Gasteiger partial charge on any atom is 0.222 e. The molecule has 1 atom stereocenters. The Kier molecular flexibility index (Phi) is 7.46. The average Bonchev–Trinajstić information content (AvgIpc) is 2.99. The predicted octanol–water partition coefficient (Wildman–Crippen LogP) is 6.12. The number of fused-ring (bicyclic) bond motifs is 2. The van der Waals surface area contributed by atoms with Crippen molar-refractivity contribution < 1.29 is 4.79 Å². The van der Waals surface area contributed by atoms with E-state index in [0.29, 0.717) is 24.2 Å². The SMILES string of the molecule is O=C(CC1CCNCC1)N1CCC(C2c3ccc(Cl)c(Br)c3CCc3cc(Br)cnc32)CC1. The number of halogens is 3. The fourth-order valence-electron chi connectivity index (χ4n) is 5.95. The van der Waals surface area contributed by atoms with Gasteiger partial charge in [0.1, 0.15) is 0 Å². The maximum absolute atomic E-state index is 13.0. The van der Waals surface area contributed by atoms with Crippen LogP contribution in [0.5, 0.6) is 0 Å². The van der Waals surface area contributed by atoms with Gasteiger partial charge in [0.15, 0.2) is 0 Å². The number of carbonyl (C=O) groups excluding carboxylic acids is 1. The highest BCUT2D eigenvalue weighted by Gasteiger charge is 2.36. The molecule has 1 amide bonds. The lowest BCUT2D eigenvalue weighted by Crippen LogP contribution is -2.41. The molecular formula is C26H30Br2ClN3O. The zero-order valence-corrected chi connectivity index (χ0v) is 22.7. The summed E-state index contributed by atoms with van der Waals surface area (Å²) in [4.78, 5) is 20.0. The van der Waals surface area contributed by atoms with Crippen LogP contribution in [0, 0.1) is 11.8 Å². The number of carbonyl (C=O) groups is 1. The van der Waals surface area contributed by atoms with Gasteiger partial charge in [-0.05, 0) is 124 Å². The van der Waals surface area contributed by atoms with Crippen LogP contribution in [-0.4, -0.2) is 42.0 Å². The van der Waals surface area contributed by atoms with Crippen LogP contribution >= 0.6 is 43.5 Å². The second-order valence-electron chi connectivity index (χ2n) is 9.72. The van der Waals surface area contributed by atoms with E-state index in [9.17, 15) is 4.79 Å². The molecule has 7 heteroatoms. The van der Waals surface area contributed by atoms with Crippen LogP contribution in [0.15, 0.2) is 33.3 Å². The summed E-state index contributed by atoms with van der Waals surface area (Å²) < 4.78 is 2.05. The van der Waals surface area contributed by atoms with E-state index in [1.807, 2.05) is 12.3 Å². The minimum Gasteiger partial charge on any atom is -0.343 e. The first-order valence-electron chi connectivity index (χ1n) is 12.1. The third kappa shape index (κ3) is 5.05. The molecule has 0 saturated carbocycles. The summed E-state index contributed by atoms with van der Waals surface area (Å²) >= 11 is 13.9. The summed E-state index contributed by atoms with van der Waals surface area (Å²) in [5.74, 6) is 1.59. The van der Waals surface area contributed by atoms with Gasteiger partial charge in [-0.25, -0.2) is 0 Å². The fraction of sp³-hybridized carbons (Fsp3) is 0.538. The van der Waals surface area contributed by atoms with Gasteiger partial charge in [-0.1, -0.05) is 17.7 Å². The standard InChI is InChI=1S/C26H30Br2ClN3O/c27-19-14-18-1-2-21-20(3-4-22(29)25(21)28)24(26(18)31-15-19)17-7-11-32(12-8-17)23(33)13-16-5-9-30-10-6-16/h3-4,14-17,24,30H,1-2,5-13H2. The molecule has 0 radical (unpaired) electrons. The van der Waals surface area contributed by atoms with Crippen molar-refractivity contribution in [2.24, 2.45) is 11.8 Å². The van der Waals surface area contributed by atoms with Crippen molar-refractivity contribution >= 4 is 49.4 Å². The Labute approximate surface area is 218 Å². The van der Waals surface area contributed by atoms with Crippen LogP contribution < -0.4 is 5.32 Å². The molecule has 33 heavy (non-hydrogen) atoms. The van der Waals surface area contributed by atoms with Crippen molar-refractivity contribution in [3.63, 3.8) is 0 Å². The quantitative estimate of drug-likeness (QED) is 0.465. The molecule has 0 bridgehead atoms. The number of hydrogen-bond donors (Lipinski definition) is 1. The summed E-state index contributed by atoms with van der Waals surface area (Å²) in [5, 5.41) is 4.17.